The Hall–Kier alpha value is -0.930. The summed E-state index contributed by atoms with van der Waals surface area (Å²) in [6.45, 7) is 0. The molecule has 0 saturated carbocycles. The van der Waals surface area contributed by atoms with Gasteiger partial charge in [0.25, 0.3) is 4.20 Å². The first-order valence-corrected chi connectivity index (χ1v) is 4.45. The molecule has 64 valence electrons. The summed E-state index contributed by atoms with van der Waals surface area (Å²) in [5, 5.41) is 7.91. The quantitative estimate of drug-likeness (QED) is 0.342. The highest BCUT2D eigenvalue weighted by Crippen LogP contribution is 1.86. The summed E-state index contributed by atoms with van der Waals surface area (Å²) >= 11 is 0. The maximum absolute atomic E-state index is 9.96. The molecule has 0 radical (unpaired) electrons. The number of aliphatic carboxylic acids is 1. The number of rotatable bonds is 0. The van der Waals surface area contributed by atoms with Crippen molar-refractivity contribution in [1.29, 1.82) is 0 Å². The summed E-state index contributed by atoms with van der Waals surface area (Å²) in [7, 11) is -8.63. The van der Waals surface area contributed by atoms with Gasteiger partial charge in [0.05, 0.1) is 0 Å². The number of carboxylic acids is 1. The Bertz CT molecular complexity index is 386. The van der Waals surface area contributed by atoms with Gasteiger partial charge in [0.1, 0.15) is 0 Å². The molecule has 0 atom stereocenters. The molecule has 0 amide bonds. The van der Waals surface area contributed by atoms with Crippen LogP contribution in [0.5, 0.6) is 0 Å². The van der Waals surface area contributed by atoms with Gasteiger partial charge in [0.15, 0.2) is 0 Å². The lowest BCUT2D eigenvalue weighted by molar-refractivity contribution is -0.128. The van der Waals surface area contributed by atoms with Crippen molar-refractivity contribution in [3.05, 3.63) is 0 Å². The molecule has 0 saturated heterocycles. The van der Waals surface area contributed by atoms with Crippen LogP contribution in [0.25, 0.3) is 0 Å². The van der Waals surface area contributed by atoms with E-state index in [4.69, 9.17) is 9.66 Å². The molecule has 11 heavy (non-hydrogen) atoms. The molecule has 0 fully saturated rings. The van der Waals surface area contributed by atoms with Crippen molar-refractivity contribution in [2.45, 2.75) is 0 Å². The van der Waals surface area contributed by atoms with Gasteiger partial charge in [-0.2, -0.15) is 16.8 Å². The van der Waals surface area contributed by atoms with Crippen LogP contribution in [0.15, 0.2) is 0 Å². The van der Waals surface area contributed by atoms with Gasteiger partial charge in [0, 0.05) is 0 Å². The van der Waals surface area contributed by atoms with Crippen molar-refractivity contribution in [1.82, 2.24) is 0 Å². The summed E-state index contributed by atoms with van der Waals surface area (Å²) in [5.74, 6) is -2.22. The molecular formula is C2H2O7S2. The molecule has 0 aliphatic carbocycles. The van der Waals surface area contributed by atoms with Crippen LogP contribution in [-0.2, 0) is 25.2 Å². The number of hydrogen-bond acceptors (Lipinski definition) is 5. The van der Waals surface area contributed by atoms with E-state index < -0.39 is 30.6 Å². The average Bonchev–Trinajstić information content (AvgIpc) is 1.54. The minimum Gasteiger partial charge on any atom is -0.476 e. The van der Waals surface area contributed by atoms with Crippen LogP contribution in [-0.4, -0.2) is 36.7 Å². The molecule has 0 aliphatic rings. The van der Waals surface area contributed by atoms with Crippen molar-refractivity contribution in [2.24, 2.45) is 0 Å². The maximum atomic E-state index is 9.96. The van der Waals surface area contributed by atoms with E-state index in [1.807, 2.05) is 0 Å². The fourth-order valence-electron chi connectivity index (χ4n) is 0.268. The van der Waals surface area contributed by atoms with Crippen molar-refractivity contribution < 1.29 is 31.3 Å². The first kappa shape index (κ1) is 10.1. The molecule has 0 rings (SSSR count). The second kappa shape index (κ2) is 2.98. The molecule has 0 bridgehead atoms. The predicted octanol–water partition coefficient (Wildman–Crippen LogP) is -2.03. The van der Waals surface area contributed by atoms with E-state index in [0.29, 0.717) is 0 Å². The molecule has 0 aromatic heterocycles. The molecule has 0 aromatic carbocycles. The van der Waals surface area contributed by atoms with Crippen molar-refractivity contribution in [3.8, 4) is 0 Å². The molecule has 2 N–H and O–H groups in total. The lowest BCUT2D eigenvalue weighted by Crippen LogP contribution is -2.24. The van der Waals surface area contributed by atoms with E-state index in [1.54, 1.807) is 0 Å². The Morgan fingerprint density at radius 3 is 1.64 bits per heavy atom. The van der Waals surface area contributed by atoms with Gasteiger partial charge in [-0.1, -0.05) is 0 Å². The summed E-state index contributed by atoms with van der Waals surface area (Å²) in [6, 6.07) is 0. The summed E-state index contributed by atoms with van der Waals surface area (Å²) in [6.07, 6.45) is 0. The van der Waals surface area contributed by atoms with Gasteiger partial charge in [-0.05, 0) is 0 Å². The van der Waals surface area contributed by atoms with Gasteiger partial charge in [-0.3, -0.25) is 4.55 Å². The second-order valence-corrected chi connectivity index (χ2v) is 3.80. The Balaban J connectivity index is 5.74. The van der Waals surface area contributed by atoms with Crippen LogP contribution >= 0.6 is 0 Å². The Morgan fingerprint density at radius 1 is 1.27 bits per heavy atom. The zero-order chi connectivity index (χ0) is 9.23. The van der Waals surface area contributed by atoms with Crippen LogP contribution in [0.2, 0.25) is 0 Å². The number of hydrogen-bond donors (Lipinski definition) is 2. The number of carboxylic acid groups (broad SMARTS) is 1. The SMILES string of the molecule is O=C(O)C(=S(=O)=O)S(=O)(=O)O. The first-order valence-electron chi connectivity index (χ1n) is 1.94. The number of carbonyl (C=O) groups is 1. The Morgan fingerprint density at radius 2 is 1.64 bits per heavy atom. The summed E-state index contributed by atoms with van der Waals surface area (Å²) < 4.78 is 45.6. The van der Waals surface area contributed by atoms with E-state index >= 15 is 0 Å². The van der Waals surface area contributed by atoms with Gasteiger partial charge in [-0.15, -0.1) is 0 Å². The fourth-order valence-corrected chi connectivity index (χ4v) is 1.32. The molecular weight excluding hydrogens is 200 g/mol. The Kier molecular flexibility index (Phi) is 2.73. The highest BCUT2D eigenvalue weighted by molar-refractivity contribution is 8.14. The van der Waals surface area contributed by atoms with Gasteiger partial charge < -0.3 is 5.11 Å². The Labute approximate surface area is 62.5 Å². The van der Waals surface area contributed by atoms with Crippen LogP contribution in [0.3, 0.4) is 0 Å². The van der Waals surface area contributed by atoms with Crippen LogP contribution in [0.4, 0.5) is 0 Å². The normalized spacial score (nSPS) is 10.6. The molecule has 0 unspecified atom stereocenters. The predicted molar refractivity (Wildman–Crippen MR) is 33.1 cm³/mol. The molecule has 9 heteroatoms. The topological polar surface area (TPSA) is 126 Å². The monoisotopic (exact) mass is 202 g/mol. The minimum atomic E-state index is -5.16. The lowest BCUT2D eigenvalue weighted by atomic mass is 10.8. The van der Waals surface area contributed by atoms with E-state index in [0.717, 1.165) is 0 Å². The summed E-state index contributed by atoms with van der Waals surface area (Å²) in [4.78, 5) is 9.82. The van der Waals surface area contributed by atoms with Crippen molar-refractivity contribution in [2.75, 3.05) is 0 Å². The summed E-state index contributed by atoms with van der Waals surface area (Å²) in [5.41, 5.74) is 0. The average molecular weight is 202 g/mol. The second-order valence-electron chi connectivity index (χ2n) is 1.30. The first-order chi connectivity index (χ1) is 4.76. The highest BCUT2D eigenvalue weighted by atomic mass is 32.3. The van der Waals surface area contributed by atoms with Crippen molar-refractivity contribution >= 4 is 30.6 Å². The maximum Gasteiger partial charge on any atom is 0.366 e. The van der Waals surface area contributed by atoms with Gasteiger partial charge in [-0.25, -0.2) is 4.79 Å². The molecule has 7 nitrogen and oxygen atoms in total. The standard InChI is InChI=1S/C2H2O7S2/c3-1(4)2(10(5)6)11(7,8)9/h(H,3,4)(H,7,8,9). The third kappa shape index (κ3) is 2.65. The highest BCUT2D eigenvalue weighted by Gasteiger charge is 2.26. The zero-order valence-electron chi connectivity index (χ0n) is 4.75. The van der Waals surface area contributed by atoms with Crippen LogP contribution in [0, 0.1) is 0 Å². The van der Waals surface area contributed by atoms with E-state index in [9.17, 15) is 21.6 Å². The molecule has 0 aromatic rings. The van der Waals surface area contributed by atoms with Crippen LogP contribution in [0.1, 0.15) is 0 Å². The molecule has 0 spiro atoms. The fraction of sp³-hybridized carbons (Fsp3) is 0. The molecule has 0 aliphatic heterocycles. The smallest absolute Gasteiger partial charge is 0.366 e. The molecule has 0 heterocycles. The van der Waals surface area contributed by atoms with Crippen LogP contribution < -0.4 is 0 Å². The van der Waals surface area contributed by atoms with Gasteiger partial charge >= 0.3 is 16.1 Å². The zero-order valence-corrected chi connectivity index (χ0v) is 6.39. The van der Waals surface area contributed by atoms with E-state index in [1.165, 1.54) is 0 Å². The van der Waals surface area contributed by atoms with E-state index in [-0.39, 0.29) is 0 Å². The van der Waals surface area contributed by atoms with Crippen molar-refractivity contribution in [3.63, 3.8) is 0 Å². The van der Waals surface area contributed by atoms with E-state index in [2.05, 4.69) is 0 Å². The lowest BCUT2D eigenvalue weighted by Gasteiger charge is -1.87. The van der Waals surface area contributed by atoms with Gasteiger partial charge in [0.2, 0.25) is 10.3 Å². The minimum absolute atomic E-state index is 1.96. The third-order valence-electron chi connectivity index (χ3n) is 0.560. The third-order valence-corrected chi connectivity index (χ3v) is 2.72. The largest absolute Gasteiger partial charge is 0.476 e.